The van der Waals surface area contributed by atoms with Gasteiger partial charge in [0.2, 0.25) is 0 Å². The molecule has 0 saturated carbocycles. The third-order valence-corrected chi connectivity index (χ3v) is 6.61. The molecule has 1 aromatic heterocycles. The Morgan fingerprint density at radius 3 is 2.53 bits per heavy atom. The second kappa shape index (κ2) is 14.4. The van der Waals surface area contributed by atoms with Crippen molar-refractivity contribution in [1.29, 1.82) is 0 Å². The van der Waals surface area contributed by atoms with Gasteiger partial charge in [-0.1, -0.05) is 32.0 Å². The van der Waals surface area contributed by atoms with E-state index in [0.717, 1.165) is 36.0 Å². The molecule has 0 saturated heterocycles. The lowest BCUT2D eigenvalue weighted by atomic mass is 10.0. The number of nitrogens with one attached hydrogen (secondary N) is 3. The van der Waals surface area contributed by atoms with Crippen LogP contribution in [0.2, 0.25) is 0 Å². The van der Waals surface area contributed by atoms with Gasteiger partial charge in [-0.3, -0.25) is 5.32 Å². The molecule has 0 amide bonds. The first kappa shape index (κ1) is 31.9. The fraction of sp³-hybridized carbons (Fsp3) is 0.300. The zero-order valence-electron chi connectivity index (χ0n) is 23.5. The number of rotatable bonds is 12. The van der Waals surface area contributed by atoms with Crippen LogP contribution in [-0.4, -0.2) is 44.2 Å². The van der Waals surface area contributed by atoms with Crippen molar-refractivity contribution in [3.63, 3.8) is 0 Å². The van der Waals surface area contributed by atoms with E-state index in [1.165, 1.54) is 47.4 Å². The summed E-state index contributed by atoms with van der Waals surface area (Å²) in [6, 6.07) is 17.6. The Morgan fingerprint density at radius 1 is 1.05 bits per heavy atom. The van der Waals surface area contributed by atoms with Gasteiger partial charge in [-0.25, -0.2) is 14.1 Å². The number of ether oxygens (including phenoxy) is 1. The summed E-state index contributed by atoms with van der Waals surface area (Å²) in [6.45, 7) is 4.46. The fourth-order valence-corrected chi connectivity index (χ4v) is 4.56. The smallest absolute Gasteiger partial charge is 0.406 e. The Kier molecular flexibility index (Phi) is 10.7. The van der Waals surface area contributed by atoms with Gasteiger partial charge in [-0.2, -0.15) is 0 Å². The van der Waals surface area contributed by atoms with Gasteiger partial charge in [0.05, 0.1) is 5.69 Å². The molecule has 0 aliphatic rings. The van der Waals surface area contributed by atoms with Gasteiger partial charge in [0.1, 0.15) is 17.9 Å². The summed E-state index contributed by atoms with van der Waals surface area (Å²) in [5.41, 5.74) is 3.91. The van der Waals surface area contributed by atoms with Crippen molar-refractivity contribution >= 4 is 23.0 Å². The number of anilines is 1. The van der Waals surface area contributed by atoms with Crippen molar-refractivity contribution < 1.29 is 27.4 Å². The molecule has 0 fully saturated rings. The number of aryl methyl sites for hydroxylation is 1. The average Bonchev–Trinajstić information content (AvgIpc) is 3.44. The van der Waals surface area contributed by atoms with Crippen molar-refractivity contribution in [3.05, 3.63) is 90.0 Å². The minimum Gasteiger partial charge on any atom is -0.406 e. The van der Waals surface area contributed by atoms with Gasteiger partial charge in [0, 0.05) is 11.3 Å². The Morgan fingerprint density at radius 2 is 1.81 bits per heavy atom. The van der Waals surface area contributed by atoms with E-state index < -0.39 is 12.7 Å². The van der Waals surface area contributed by atoms with E-state index >= 15 is 0 Å². The van der Waals surface area contributed by atoms with E-state index in [-0.39, 0.29) is 22.6 Å². The largest absolute Gasteiger partial charge is 0.573 e. The molecule has 8 nitrogen and oxygen atoms in total. The maximum atomic E-state index is 13.6. The molecule has 1 unspecified atom stereocenters. The van der Waals surface area contributed by atoms with E-state index in [1.54, 1.807) is 6.07 Å². The lowest BCUT2D eigenvalue weighted by molar-refractivity contribution is -0.274. The second-order valence-corrected chi connectivity index (χ2v) is 10.5. The van der Waals surface area contributed by atoms with Crippen molar-refractivity contribution in [2.45, 2.75) is 51.7 Å². The summed E-state index contributed by atoms with van der Waals surface area (Å²) in [4.78, 5) is 4.35. The highest BCUT2D eigenvalue weighted by molar-refractivity contribution is 7.80. The van der Waals surface area contributed by atoms with Gasteiger partial charge >= 0.3 is 6.36 Å². The minimum atomic E-state index is -4.75. The third-order valence-electron chi connectivity index (χ3n) is 6.39. The number of hydrogen-bond donors (Lipinski definition) is 4. The molecular weight excluding hydrogens is 584 g/mol. The summed E-state index contributed by atoms with van der Waals surface area (Å²) >= 11 is 5.29. The molecule has 4 rings (SSSR count). The average molecular weight is 617 g/mol. The minimum absolute atomic E-state index is 0.0922. The number of halogens is 4. The Bertz CT molecular complexity index is 1510. The van der Waals surface area contributed by atoms with E-state index in [1.807, 2.05) is 38.1 Å². The predicted molar refractivity (Wildman–Crippen MR) is 160 cm³/mol. The lowest BCUT2D eigenvalue weighted by Crippen LogP contribution is -2.47. The highest BCUT2D eigenvalue weighted by atomic mass is 32.1. The van der Waals surface area contributed by atoms with Gasteiger partial charge in [0.15, 0.2) is 17.3 Å². The van der Waals surface area contributed by atoms with Crippen LogP contribution in [0.25, 0.3) is 17.1 Å². The number of unbranched alkanes of at least 4 members (excludes halogenated alkanes) is 1. The van der Waals surface area contributed by atoms with Crippen LogP contribution < -0.4 is 20.7 Å². The topological polar surface area (TPSA) is 96.3 Å². The van der Waals surface area contributed by atoms with Gasteiger partial charge < -0.3 is 20.5 Å². The summed E-state index contributed by atoms with van der Waals surface area (Å²) in [7, 11) is 0. The monoisotopic (exact) mass is 616 g/mol. The first-order valence-electron chi connectivity index (χ1n) is 13.6. The molecule has 0 bridgehead atoms. The van der Waals surface area contributed by atoms with Crippen LogP contribution in [0, 0.1) is 5.82 Å². The molecule has 1 atom stereocenters. The first-order valence-corrected chi connectivity index (χ1v) is 14.0. The van der Waals surface area contributed by atoms with E-state index in [0.29, 0.717) is 23.7 Å². The number of benzene rings is 3. The normalized spacial score (nSPS) is 12.3. The second-order valence-electron chi connectivity index (χ2n) is 10.1. The number of aromatic nitrogens is 3. The first-order chi connectivity index (χ1) is 20.5. The summed E-state index contributed by atoms with van der Waals surface area (Å²) in [6.07, 6.45) is -1.87. The van der Waals surface area contributed by atoms with Crippen LogP contribution in [0.3, 0.4) is 0 Å². The Labute approximate surface area is 252 Å². The highest BCUT2D eigenvalue weighted by Gasteiger charge is 2.31. The van der Waals surface area contributed by atoms with Crippen molar-refractivity contribution in [2.75, 3.05) is 11.9 Å². The van der Waals surface area contributed by atoms with Crippen LogP contribution in [-0.2, 0) is 6.42 Å². The quantitative estimate of drug-likeness (QED) is 0.0641. The molecule has 4 aromatic rings. The zero-order chi connectivity index (χ0) is 31.0. The molecule has 0 aliphatic heterocycles. The number of alkyl halides is 3. The SMILES string of the molecule is CC(C)c1cc(F)ccc1NC(=S)NC(O)NCCCCc1cccc(-c2ncn(-c3ccc(OC(F)(F)F)cc3)n2)c1. The Balaban J connectivity index is 1.21. The van der Waals surface area contributed by atoms with Crippen molar-refractivity contribution in [2.24, 2.45) is 0 Å². The lowest BCUT2D eigenvalue weighted by Gasteiger charge is -2.19. The van der Waals surface area contributed by atoms with Crippen molar-refractivity contribution in [1.82, 2.24) is 25.4 Å². The fourth-order valence-electron chi connectivity index (χ4n) is 4.34. The highest BCUT2D eigenvalue weighted by Crippen LogP contribution is 2.26. The van der Waals surface area contributed by atoms with Crippen LogP contribution in [0.5, 0.6) is 5.75 Å². The zero-order valence-corrected chi connectivity index (χ0v) is 24.3. The summed E-state index contributed by atoms with van der Waals surface area (Å²) < 4.78 is 56.2. The van der Waals surface area contributed by atoms with Crippen LogP contribution in [0.4, 0.5) is 23.2 Å². The number of thiocarbonyl (C=S) groups is 1. The molecule has 0 radical (unpaired) electrons. The summed E-state index contributed by atoms with van der Waals surface area (Å²) in [5, 5.41) is 23.7. The van der Waals surface area contributed by atoms with E-state index in [4.69, 9.17) is 12.2 Å². The van der Waals surface area contributed by atoms with Crippen LogP contribution in [0.1, 0.15) is 43.7 Å². The molecule has 4 N–H and O–H groups in total. The number of aliphatic hydroxyl groups is 1. The van der Waals surface area contributed by atoms with Crippen LogP contribution >= 0.6 is 12.2 Å². The Hall–Kier alpha value is -4.07. The van der Waals surface area contributed by atoms with Gasteiger partial charge in [-0.15, -0.1) is 18.3 Å². The van der Waals surface area contributed by atoms with Crippen LogP contribution in [0.15, 0.2) is 73.1 Å². The molecule has 1 heterocycles. The predicted octanol–water partition coefficient (Wildman–Crippen LogP) is 6.27. The molecule has 43 heavy (non-hydrogen) atoms. The molecule has 13 heteroatoms. The van der Waals surface area contributed by atoms with E-state index in [2.05, 4.69) is 30.8 Å². The van der Waals surface area contributed by atoms with Gasteiger partial charge in [0.25, 0.3) is 0 Å². The number of hydrogen-bond acceptors (Lipinski definition) is 6. The molecule has 0 spiro atoms. The summed E-state index contributed by atoms with van der Waals surface area (Å²) in [5.74, 6) is -0.0546. The molecule has 228 valence electrons. The number of nitrogens with zero attached hydrogens (tertiary/aromatic N) is 3. The van der Waals surface area contributed by atoms with Crippen molar-refractivity contribution in [3.8, 4) is 22.8 Å². The molecular formula is C30H32F4N6O2S. The van der Waals surface area contributed by atoms with E-state index in [9.17, 15) is 22.7 Å². The molecule has 3 aromatic carbocycles. The maximum Gasteiger partial charge on any atom is 0.573 e. The standard InChI is InChI=1S/C30H32F4N6O2S/c1-19(2)25-17-22(31)9-14-26(25)37-29(43)38-28(41)35-15-4-3-6-20-7-5-8-21(16-20)27-36-18-40(39-27)23-10-12-24(13-11-23)42-30(32,33)34/h5,7-14,16-19,28,35,41H,3-4,6,15H2,1-2H3,(H2,37,38,43). The van der Waals surface area contributed by atoms with Gasteiger partial charge in [-0.05, 0) is 104 Å². The third kappa shape index (κ3) is 9.73. The molecule has 0 aliphatic carbocycles. The number of aliphatic hydroxyl groups excluding tert-OH is 1. The maximum absolute atomic E-state index is 13.6.